The van der Waals surface area contributed by atoms with Crippen molar-refractivity contribution in [3.63, 3.8) is 0 Å². The van der Waals surface area contributed by atoms with E-state index in [-0.39, 0.29) is 0 Å². The Labute approximate surface area is 158 Å². The zero-order valence-electron chi connectivity index (χ0n) is 15.8. The smallest absolute Gasteiger partial charge is 0.119 e. The van der Waals surface area contributed by atoms with Crippen LogP contribution in [0.5, 0.6) is 5.75 Å². The van der Waals surface area contributed by atoms with Crippen molar-refractivity contribution in [3.05, 3.63) is 65.7 Å². The van der Waals surface area contributed by atoms with Gasteiger partial charge in [-0.15, -0.1) is 0 Å². The quantitative estimate of drug-likeness (QED) is 0.413. The molecule has 2 aromatic rings. The maximum atomic E-state index is 5.88. The van der Waals surface area contributed by atoms with Crippen molar-refractivity contribution < 1.29 is 4.74 Å². The van der Waals surface area contributed by atoms with E-state index in [1.165, 1.54) is 62.9 Å². The number of hydrogen-bond acceptors (Lipinski definition) is 2. The monoisotopic (exact) mass is 349 g/mol. The van der Waals surface area contributed by atoms with Crippen LogP contribution in [0.1, 0.15) is 49.7 Å². The van der Waals surface area contributed by atoms with E-state index in [2.05, 4.69) is 65.6 Å². The summed E-state index contributed by atoms with van der Waals surface area (Å²) in [5.74, 6) is 0.970. The summed E-state index contributed by atoms with van der Waals surface area (Å²) in [7, 11) is 0. The first kappa shape index (κ1) is 18.7. The number of hydrogen-bond donors (Lipinski definition) is 0. The first-order valence-corrected chi connectivity index (χ1v) is 10.1. The number of likely N-dealkylation sites (tertiary alicyclic amines) is 1. The number of nitrogens with zero attached hydrogens (tertiary/aromatic N) is 1. The highest BCUT2D eigenvalue weighted by atomic mass is 16.5. The first-order chi connectivity index (χ1) is 12.9. The van der Waals surface area contributed by atoms with Crippen molar-refractivity contribution in [1.82, 2.24) is 4.90 Å². The van der Waals surface area contributed by atoms with E-state index >= 15 is 0 Å². The molecule has 1 aliphatic rings. The van der Waals surface area contributed by atoms with Gasteiger partial charge in [0.1, 0.15) is 5.75 Å². The second-order valence-corrected chi connectivity index (χ2v) is 7.12. The molecule has 3 rings (SSSR count). The minimum absolute atomic E-state index is 0.819. The summed E-state index contributed by atoms with van der Waals surface area (Å²) in [6, 6.07) is 18.7. The van der Waals surface area contributed by atoms with Crippen LogP contribution in [0.4, 0.5) is 0 Å². The highest BCUT2D eigenvalue weighted by Gasteiger charge is 2.08. The topological polar surface area (TPSA) is 12.5 Å². The lowest BCUT2D eigenvalue weighted by Crippen LogP contribution is -2.30. The van der Waals surface area contributed by atoms with E-state index in [9.17, 15) is 0 Å². The molecular formula is C24H31NO. The molecule has 0 bridgehead atoms. The Hall–Kier alpha value is -2.06. The van der Waals surface area contributed by atoms with E-state index in [1.54, 1.807) is 0 Å². The molecule has 0 spiro atoms. The van der Waals surface area contributed by atoms with E-state index < -0.39 is 0 Å². The molecule has 1 aliphatic heterocycles. The number of rotatable bonds is 9. The van der Waals surface area contributed by atoms with Gasteiger partial charge in [-0.3, -0.25) is 0 Å². The van der Waals surface area contributed by atoms with Crippen LogP contribution in [-0.2, 0) is 0 Å². The summed E-state index contributed by atoms with van der Waals surface area (Å²) < 4.78 is 5.88. The molecule has 0 amide bonds. The van der Waals surface area contributed by atoms with Gasteiger partial charge in [-0.25, -0.2) is 0 Å². The SMILES string of the molecule is C(=C\c1ccc(OCCCCCN2CCCCC2)cc1)/c1ccccc1. The molecule has 2 nitrogen and oxygen atoms in total. The molecule has 2 aromatic carbocycles. The molecule has 26 heavy (non-hydrogen) atoms. The fourth-order valence-electron chi connectivity index (χ4n) is 3.42. The van der Waals surface area contributed by atoms with Crippen LogP contribution in [-0.4, -0.2) is 31.1 Å². The molecule has 0 N–H and O–H groups in total. The van der Waals surface area contributed by atoms with Crippen molar-refractivity contribution in [2.24, 2.45) is 0 Å². The predicted octanol–water partition coefficient (Wildman–Crippen LogP) is 5.89. The van der Waals surface area contributed by atoms with Crippen LogP contribution in [0.15, 0.2) is 54.6 Å². The maximum absolute atomic E-state index is 5.88. The van der Waals surface area contributed by atoms with Crippen molar-refractivity contribution in [3.8, 4) is 5.75 Å². The molecular weight excluding hydrogens is 318 g/mol. The highest BCUT2D eigenvalue weighted by Crippen LogP contribution is 2.15. The lowest BCUT2D eigenvalue weighted by Gasteiger charge is -2.26. The van der Waals surface area contributed by atoms with Gasteiger partial charge in [-0.2, -0.15) is 0 Å². The maximum Gasteiger partial charge on any atom is 0.119 e. The average molecular weight is 350 g/mol. The summed E-state index contributed by atoms with van der Waals surface area (Å²) in [6.45, 7) is 4.70. The Morgan fingerprint density at radius 3 is 2.15 bits per heavy atom. The van der Waals surface area contributed by atoms with Gasteiger partial charge in [0.05, 0.1) is 6.61 Å². The lowest BCUT2D eigenvalue weighted by molar-refractivity contribution is 0.221. The van der Waals surface area contributed by atoms with E-state index in [0.717, 1.165) is 18.8 Å². The second kappa shape index (κ2) is 10.8. The molecule has 0 atom stereocenters. The molecule has 1 saturated heterocycles. The third-order valence-corrected chi connectivity index (χ3v) is 4.98. The van der Waals surface area contributed by atoms with Crippen molar-refractivity contribution in [2.75, 3.05) is 26.2 Å². The van der Waals surface area contributed by atoms with Crippen molar-refractivity contribution >= 4 is 12.2 Å². The summed E-state index contributed by atoms with van der Waals surface area (Å²) in [5, 5.41) is 0. The molecule has 0 unspecified atom stereocenters. The minimum Gasteiger partial charge on any atom is -0.494 e. The van der Waals surface area contributed by atoms with Gasteiger partial charge in [0.25, 0.3) is 0 Å². The Morgan fingerprint density at radius 2 is 1.42 bits per heavy atom. The average Bonchev–Trinajstić information content (AvgIpc) is 2.71. The van der Waals surface area contributed by atoms with Crippen LogP contribution in [0.25, 0.3) is 12.2 Å². The molecule has 0 aliphatic carbocycles. The van der Waals surface area contributed by atoms with Crippen LogP contribution < -0.4 is 4.74 Å². The Kier molecular flexibility index (Phi) is 7.79. The molecule has 2 heteroatoms. The van der Waals surface area contributed by atoms with Crippen LogP contribution >= 0.6 is 0 Å². The summed E-state index contributed by atoms with van der Waals surface area (Å²) >= 11 is 0. The fraction of sp³-hybridized carbons (Fsp3) is 0.417. The minimum atomic E-state index is 0.819. The predicted molar refractivity (Wildman–Crippen MR) is 111 cm³/mol. The van der Waals surface area contributed by atoms with Gasteiger partial charge >= 0.3 is 0 Å². The van der Waals surface area contributed by atoms with Gasteiger partial charge in [0.15, 0.2) is 0 Å². The molecule has 1 fully saturated rings. The first-order valence-electron chi connectivity index (χ1n) is 10.1. The third-order valence-electron chi connectivity index (χ3n) is 4.98. The second-order valence-electron chi connectivity index (χ2n) is 7.12. The molecule has 0 aromatic heterocycles. The standard InChI is InChI=1S/C24H31NO/c1-4-10-22(11-5-1)12-13-23-14-16-24(17-15-23)26-21-9-3-8-20-25-18-6-2-7-19-25/h1,4-5,10-17H,2-3,6-9,18-21H2/b13-12+. The Balaban J connectivity index is 1.31. The third kappa shape index (κ3) is 6.68. The van der Waals surface area contributed by atoms with Crippen LogP contribution in [0.3, 0.4) is 0 Å². The zero-order valence-corrected chi connectivity index (χ0v) is 15.8. The largest absolute Gasteiger partial charge is 0.494 e. The lowest BCUT2D eigenvalue weighted by atomic mass is 10.1. The van der Waals surface area contributed by atoms with Gasteiger partial charge in [-0.1, -0.05) is 61.0 Å². The molecule has 138 valence electrons. The van der Waals surface area contributed by atoms with Crippen LogP contribution in [0.2, 0.25) is 0 Å². The Bertz CT molecular complexity index is 642. The summed E-state index contributed by atoms with van der Waals surface area (Å²) in [5.41, 5.74) is 2.42. The number of benzene rings is 2. The van der Waals surface area contributed by atoms with E-state index in [4.69, 9.17) is 4.74 Å². The highest BCUT2D eigenvalue weighted by molar-refractivity contribution is 5.69. The number of unbranched alkanes of at least 4 members (excludes halogenated alkanes) is 2. The van der Waals surface area contributed by atoms with Crippen molar-refractivity contribution in [1.29, 1.82) is 0 Å². The normalized spacial score (nSPS) is 15.4. The fourth-order valence-corrected chi connectivity index (χ4v) is 3.42. The molecule has 1 heterocycles. The summed E-state index contributed by atoms with van der Waals surface area (Å²) in [6.07, 6.45) is 12.2. The van der Waals surface area contributed by atoms with Crippen molar-refractivity contribution in [2.45, 2.75) is 38.5 Å². The van der Waals surface area contributed by atoms with Crippen LogP contribution in [0, 0.1) is 0 Å². The van der Waals surface area contributed by atoms with Gasteiger partial charge in [-0.05, 0) is 75.0 Å². The summed E-state index contributed by atoms with van der Waals surface area (Å²) in [4.78, 5) is 2.62. The van der Waals surface area contributed by atoms with Gasteiger partial charge < -0.3 is 9.64 Å². The molecule has 0 radical (unpaired) electrons. The zero-order chi connectivity index (χ0) is 17.9. The van der Waals surface area contributed by atoms with Gasteiger partial charge in [0, 0.05) is 0 Å². The number of piperidine rings is 1. The number of ether oxygens (including phenoxy) is 1. The van der Waals surface area contributed by atoms with E-state index in [1.807, 2.05) is 6.07 Å². The van der Waals surface area contributed by atoms with E-state index in [0.29, 0.717) is 0 Å². The Morgan fingerprint density at radius 1 is 0.731 bits per heavy atom. The van der Waals surface area contributed by atoms with Gasteiger partial charge in [0.2, 0.25) is 0 Å². The molecule has 0 saturated carbocycles.